The zero-order valence-electron chi connectivity index (χ0n) is 7.64. The topological polar surface area (TPSA) is 49.9 Å². The fraction of sp³-hybridized carbons (Fsp3) is 0. The van der Waals surface area contributed by atoms with Crippen molar-refractivity contribution in [3.05, 3.63) is 42.6 Å². The molecule has 0 fully saturated rings. The lowest BCUT2D eigenvalue weighted by Gasteiger charge is -1.94. The van der Waals surface area contributed by atoms with Crippen molar-refractivity contribution in [1.82, 2.24) is 4.98 Å². The second-order valence-electron chi connectivity index (χ2n) is 3.05. The van der Waals surface area contributed by atoms with Crippen LogP contribution in [0.4, 0.5) is 0 Å². The molecule has 1 heterocycles. The van der Waals surface area contributed by atoms with Gasteiger partial charge in [-0.3, -0.25) is 0 Å². The van der Waals surface area contributed by atoms with Gasteiger partial charge in [-0.15, -0.1) is 0 Å². The number of rotatable bonds is 2. The fourth-order valence-corrected chi connectivity index (χ4v) is 2.03. The minimum absolute atomic E-state index is 0.0861. The van der Waals surface area contributed by atoms with Crippen molar-refractivity contribution >= 4 is 19.7 Å². The first-order valence-corrected chi connectivity index (χ1v) is 6.57. The number of halogens is 1. The summed E-state index contributed by atoms with van der Waals surface area (Å²) in [6.07, 6.45) is 1.38. The van der Waals surface area contributed by atoms with E-state index in [4.69, 9.17) is 10.7 Å². The first-order chi connectivity index (χ1) is 7.07. The predicted molar refractivity (Wildman–Crippen MR) is 59.3 cm³/mol. The van der Waals surface area contributed by atoms with Gasteiger partial charge < -0.3 is 4.98 Å². The van der Waals surface area contributed by atoms with Crippen LogP contribution in [0.3, 0.4) is 0 Å². The number of hydrogen-bond donors (Lipinski definition) is 1. The van der Waals surface area contributed by atoms with Crippen LogP contribution in [-0.4, -0.2) is 13.4 Å². The van der Waals surface area contributed by atoms with E-state index in [1.165, 1.54) is 12.3 Å². The third-order valence-electron chi connectivity index (χ3n) is 2.02. The van der Waals surface area contributed by atoms with Crippen LogP contribution < -0.4 is 0 Å². The van der Waals surface area contributed by atoms with Crippen molar-refractivity contribution < 1.29 is 8.42 Å². The normalized spacial score (nSPS) is 11.5. The van der Waals surface area contributed by atoms with Gasteiger partial charge in [-0.1, -0.05) is 30.3 Å². The van der Waals surface area contributed by atoms with Gasteiger partial charge in [-0.2, -0.15) is 0 Å². The minimum Gasteiger partial charge on any atom is -0.360 e. The number of aromatic nitrogens is 1. The van der Waals surface area contributed by atoms with Gasteiger partial charge in [-0.25, -0.2) is 8.42 Å². The van der Waals surface area contributed by atoms with Gasteiger partial charge in [0.05, 0.1) is 0 Å². The average Bonchev–Trinajstić information content (AvgIpc) is 2.67. The highest BCUT2D eigenvalue weighted by Crippen LogP contribution is 2.22. The molecule has 0 saturated heterocycles. The average molecular weight is 242 g/mol. The van der Waals surface area contributed by atoms with Crippen LogP contribution in [-0.2, 0) is 9.05 Å². The summed E-state index contributed by atoms with van der Waals surface area (Å²) in [5, 5.41) is 0. The SMILES string of the molecule is O=S(=O)(Cl)c1c[nH]c(-c2ccccc2)c1. The van der Waals surface area contributed by atoms with Crippen molar-refractivity contribution in [2.45, 2.75) is 4.90 Å². The summed E-state index contributed by atoms with van der Waals surface area (Å²) in [5.74, 6) is 0. The van der Waals surface area contributed by atoms with Gasteiger partial charge >= 0.3 is 0 Å². The molecule has 0 unspecified atom stereocenters. The van der Waals surface area contributed by atoms with E-state index < -0.39 is 9.05 Å². The number of aromatic amines is 1. The van der Waals surface area contributed by atoms with Crippen LogP contribution in [0.2, 0.25) is 0 Å². The van der Waals surface area contributed by atoms with E-state index >= 15 is 0 Å². The van der Waals surface area contributed by atoms with Gasteiger partial charge in [0, 0.05) is 22.6 Å². The largest absolute Gasteiger partial charge is 0.360 e. The molecule has 0 amide bonds. The molecule has 0 aliphatic rings. The second kappa shape index (κ2) is 3.72. The molecule has 0 aliphatic carbocycles. The Hall–Kier alpha value is -1.26. The van der Waals surface area contributed by atoms with Crippen molar-refractivity contribution in [2.24, 2.45) is 0 Å². The Morgan fingerprint density at radius 3 is 2.33 bits per heavy atom. The fourth-order valence-electron chi connectivity index (χ4n) is 1.30. The van der Waals surface area contributed by atoms with E-state index in [0.717, 1.165) is 11.3 Å². The smallest absolute Gasteiger partial charge is 0.262 e. The highest BCUT2D eigenvalue weighted by molar-refractivity contribution is 8.13. The molecule has 0 bridgehead atoms. The molecule has 0 spiro atoms. The molecule has 1 aromatic heterocycles. The molecule has 78 valence electrons. The summed E-state index contributed by atoms with van der Waals surface area (Å²) in [6.45, 7) is 0. The van der Waals surface area contributed by atoms with Crippen molar-refractivity contribution in [3.63, 3.8) is 0 Å². The molecule has 15 heavy (non-hydrogen) atoms. The molecule has 0 radical (unpaired) electrons. The maximum atomic E-state index is 11.0. The van der Waals surface area contributed by atoms with Crippen LogP contribution in [0.5, 0.6) is 0 Å². The van der Waals surface area contributed by atoms with E-state index in [1.807, 2.05) is 30.3 Å². The van der Waals surface area contributed by atoms with E-state index in [2.05, 4.69) is 4.98 Å². The van der Waals surface area contributed by atoms with Crippen LogP contribution >= 0.6 is 10.7 Å². The first-order valence-electron chi connectivity index (χ1n) is 4.26. The van der Waals surface area contributed by atoms with Crippen molar-refractivity contribution in [3.8, 4) is 11.3 Å². The molecular weight excluding hydrogens is 234 g/mol. The van der Waals surface area contributed by atoms with Gasteiger partial charge in [-0.05, 0) is 11.6 Å². The van der Waals surface area contributed by atoms with E-state index in [1.54, 1.807) is 0 Å². The highest BCUT2D eigenvalue weighted by atomic mass is 35.7. The molecule has 0 atom stereocenters. The van der Waals surface area contributed by atoms with Crippen LogP contribution in [0, 0.1) is 0 Å². The van der Waals surface area contributed by atoms with Gasteiger partial charge in [0.2, 0.25) is 0 Å². The number of hydrogen-bond acceptors (Lipinski definition) is 2. The molecule has 1 N–H and O–H groups in total. The van der Waals surface area contributed by atoms with Gasteiger partial charge in [0.15, 0.2) is 0 Å². The van der Waals surface area contributed by atoms with E-state index in [-0.39, 0.29) is 4.90 Å². The molecule has 2 rings (SSSR count). The Kier molecular flexibility index (Phi) is 2.54. The number of H-pyrrole nitrogens is 1. The van der Waals surface area contributed by atoms with Gasteiger partial charge in [0.25, 0.3) is 9.05 Å². The summed E-state index contributed by atoms with van der Waals surface area (Å²) in [6, 6.07) is 10.9. The molecule has 0 saturated carbocycles. The third kappa shape index (κ3) is 2.22. The lowest BCUT2D eigenvalue weighted by Crippen LogP contribution is -1.85. The predicted octanol–water partition coefficient (Wildman–Crippen LogP) is 2.61. The Morgan fingerprint density at radius 2 is 1.80 bits per heavy atom. The summed E-state index contributed by atoms with van der Waals surface area (Å²) in [4.78, 5) is 2.95. The van der Waals surface area contributed by atoms with Crippen LogP contribution in [0.15, 0.2) is 47.5 Å². The summed E-state index contributed by atoms with van der Waals surface area (Å²) in [5.41, 5.74) is 1.65. The summed E-state index contributed by atoms with van der Waals surface area (Å²) in [7, 11) is 1.56. The zero-order chi connectivity index (χ0) is 10.9. The first kappa shape index (κ1) is 10.3. The zero-order valence-corrected chi connectivity index (χ0v) is 9.22. The molecular formula is C10H8ClNO2S. The Morgan fingerprint density at radius 1 is 1.13 bits per heavy atom. The van der Waals surface area contributed by atoms with Gasteiger partial charge in [0.1, 0.15) is 4.90 Å². The lowest BCUT2D eigenvalue weighted by atomic mass is 10.2. The summed E-state index contributed by atoms with van der Waals surface area (Å²) >= 11 is 0. The minimum atomic E-state index is -3.65. The molecule has 0 aliphatic heterocycles. The Bertz CT molecular complexity index is 560. The van der Waals surface area contributed by atoms with E-state index in [9.17, 15) is 8.42 Å². The lowest BCUT2D eigenvalue weighted by molar-refractivity contribution is 0.609. The number of nitrogens with one attached hydrogen (secondary N) is 1. The Balaban J connectivity index is 2.46. The molecule has 5 heteroatoms. The van der Waals surface area contributed by atoms with Crippen molar-refractivity contribution in [2.75, 3.05) is 0 Å². The Labute approximate surface area is 92.1 Å². The summed E-state index contributed by atoms with van der Waals surface area (Å²) < 4.78 is 22.0. The quantitative estimate of drug-likeness (QED) is 0.822. The maximum absolute atomic E-state index is 11.0. The van der Waals surface area contributed by atoms with Crippen LogP contribution in [0.1, 0.15) is 0 Å². The van der Waals surface area contributed by atoms with Crippen LogP contribution in [0.25, 0.3) is 11.3 Å². The van der Waals surface area contributed by atoms with E-state index in [0.29, 0.717) is 0 Å². The number of benzene rings is 1. The molecule has 2 aromatic rings. The standard InChI is InChI=1S/C10H8ClNO2S/c11-15(13,14)9-6-10(12-7-9)8-4-2-1-3-5-8/h1-7,12H. The molecule has 3 nitrogen and oxygen atoms in total. The molecule has 1 aromatic carbocycles. The monoisotopic (exact) mass is 241 g/mol. The highest BCUT2D eigenvalue weighted by Gasteiger charge is 2.12. The van der Waals surface area contributed by atoms with Crippen molar-refractivity contribution in [1.29, 1.82) is 0 Å². The maximum Gasteiger partial charge on any atom is 0.262 e. The second-order valence-corrected chi connectivity index (χ2v) is 5.62. The third-order valence-corrected chi connectivity index (χ3v) is 3.36.